The Morgan fingerprint density at radius 3 is 2.26 bits per heavy atom. The minimum absolute atomic E-state index is 0. The van der Waals surface area contributed by atoms with Gasteiger partial charge in [-0.25, -0.2) is 0 Å². The molecule has 2 aromatic carbocycles. The molecule has 0 aliphatic carbocycles. The monoisotopic (exact) mass is 357 g/mol. The number of ether oxygens (including phenoxy) is 1. The Balaban J connectivity index is 0.00000264. The van der Waals surface area contributed by atoms with Crippen molar-refractivity contribution in [1.29, 1.82) is 0 Å². The molecule has 2 rings (SSSR count). The number of benzene rings is 2. The van der Waals surface area contributed by atoms with Crippen LogP contribution in [0.4, 0.5) is 17.1 Å². The van der Waals surface area contributed by atoms with Gasteiger partial charge in [0.2, 0.25) is 0 Å². The highest BCUT2D eigenvalue weighted by Crippen LogP contribution is 2.31. The van der Waals surface area contributed by atoms with Crippen molar-refractivity contribution in [1.82, 2.24) is 0 Å². The van der Waals surface area contributed by atoms with Crippen LogP contribution in [-0.4, -0.2) is 20.1 Å². The number of hydrogen-bond donors (Lipinski definition) is 2. The molecule has 0 amide bonds. The van der Waals surface area contributed by atoms with Crippen LogP contribution in [0.25, 0.3) is 0 Å². The number of halogens is 1. The zero-order valence-electron chi connectivity index (χ0n) is 12.4. The van der Waals surface area contributed by atoms with Gasteiger partial charge in [0.1, 0.15) is 5.75 Å². The Hall–Kier alpha value is -2.16. The third-order valence-corrected chi connectivity index (χ3v) is 3.82. The first kappa shape index (κ1) is 18.9. The van der Waals surface area contributed by atoms with Crippen LogP contribution in [0.2, 0.25) is 0 Å². The summed E-state index contributed by atoms with van der Waals surface area (Å²) in [5.41, 5.74) is 8.13. The first-order valence-electron chi connectivity index (χ1n) is 6.24. The number of anilines is 1. The molecule has 124 valence electrons. The van der Waals surface area contributed by atoms with Crippen molar-refractivity contribution in [2.75, 3.05) is 12.8 Å². The molecule has 7 nitrogen and oxygen atoms in total. The molecule has 0 saturated heterocycles. The van der Waals surface area contributed by atoms with Crippen LogP contribution in [0.5, 0.6) is 5.75 Å². The fourth-order valence-electron chi connectivity index (χ4n) is 1.77. The number of methoxy groups -OCH3 is 1. The molecule has 0 aromatic heterocycles. The molecule has 0 spiro atoms. The molecule has 0 aliphatic rings. The van der Waals surface area contributed by atoms with Crippen LogP contribution in [0, 0.1) is 6.92 Å². The summed E-state index contributed by atoms with van der Waals surface area (Å²) >= 11 is 0. The topological polar surface area (TPSA) is 114 Å². The first-order valence-corrected chi connectivity index (χ1v) is 7.68. The van der Waals surface area contributed by atoms with Gasteiger partial charge in [0.25, 0.3) is 10.1 Å². The largest absolute Gasteiger partial charge is 0.495 e. The van der Waals surface area contributed by atoms with E-state index in [9.17, 15) is 8.42 Å². The molecule has 2 aromatic rings. The maximum absolute atomic E-state index is 10.9. The van der Waals surface area contributed by atoms with Crippen LogP contribution in [-0.2, 0) is 10.1 Å². The third kappa shape index (κ3) is 4.65. The maximum Gasteiger partial charge on any atom is 0.294 e. The van der Waals surface area contributed by atoms with E-state index >= 15 is 0 Å². The molecule has 0 unspecified atom stereocenters. The molecular formula is C14H16ClN3O4S. The summed E-state index contributed by atoms with van der Waals surface area (Å²) in [5, 5.41) is 8.09. The second-order valence-corrected chi connectivity index (χ2v) is 5.97. The van der Waals surface area contributed by atoms with E-state index in [2.05, 4.69) is 10.2 Å². The number of rotatable bonds is 4. The summed E-state index contributed by atoms with van der Waals surface area (Å²) in [6.45, 7) is 1.84. The van der Waals surface area contributed by atoms with Crippen molar-refractivity contribution in [3.63, 3.8) is 0 Å². The summed E-state index contributed by atoms with van der Waals surface area (Å²) in [7, 11) is -2.68. The average Bonchev–Trinajstić information content (AvgIpc) is 2.47. The lowest BCUT2D eigenvalue weighted by Gasteiger charge is -2.07. The fraction of sp³-hybridized carbons (Fsp3) is 0.143. The predicted octanol–water partition coefficient (Wildman–Crippen LogP) is 3.67. The van der Waals surface area contributed by atoms with Crippen LogP contribution in [0.1, 0.15) is 5.56 Å². The van der Waals surface area contributed by atoms with E-state index < -0.39 is 10.1 Å². The van der Waals surface area contributed by atoms with Gasteiger partial charge >= 0.3 is 0 Å². The average molecular weight is 358 g/mol. The molecule has 9 heteroatoms. The van der Waals surface area contributed by atoms with Crippen molar-refractivity contribution >= 4 is 39.6 Å². The fourth-order valence-corrected chi connectivity index (χ4v) is 2.25. The van der Waals surface area contributed by atoms with Gasteiger partial charge in [-0.1, -0.05) is 0 Å². The SMILES string of the molecule is COc1cc(C)c(N=Nc2ccc(S(=O)(=O)O)cc2)cc1N.Cl. The minimum atomic E-state index is -4.21. The number of hydrogen-bond acceptors (Lipinski definition) is 6. The Labute approximate surface area is 140 Å². The highest BCUT2D eigenvalue weighted by molar-refractivity contribution is 7.85. The number of azo groups is 1. The summed E-state index contributed by atoms with van der Waals surface area (Å²) in [4.78, 5) is -0.198. The van der Waals surface area contributed by atoms with Crippen molar-refractivity contribution in [3.8, 4) is 5.75 Å². The summed E-state index contributed by atoms with van der Waals surface area (Å²) in [5.74, 6) is 0.564. The quantitative estimate of drug-likeness (QED) is 0.492. The summed E-state index contributed by atoms with van der Waals surface area (Å²) < 4.78 is 35.9. The molecule has 0 bridgehead atoms. The van der Waals surface area contributed by atoms with Crippen molar-refractivity contribution < 1.29 is 17.7 Å². The van der Waals surface area contributed by atoms with E-state index in [4.69, 9.17) is 15.0 Å². The normalized spacial score (nSPS) is 11.3. The first-order chi connectivity index (χ1) is 10.3. The summed E-state index contributed by atoms with van der Waals surface area (Å²) in [6.07, 6.45) is 0. The summed E-state index contributed by atoms with van der Waals surface area (Å²) in [6, 6.07) is 8.77. The maximum atomic E-state index is 10.9. The molecule has 3 N–H and O–H groups in total. The number of aryl methyl sites for hydroxylation is 1. The zero-order chi connectivity index (χ0) is 16.3. The second kappa shape index (κ2) is 7.40. The number of nitrogens with zero attached hydrogens (tertiary/aromatic N) is 2. The van der Waals surface area contributed by atoms with Crippen LogP contribution < -0.4 is 10.5 Å². The molecule has 0 heterocycles. The van der Waals surface area contributed by atoms with E-state index in [0.29, 0.717) is 22.8 Å². The zero-order valence-corrected chi connectivity index (χ0v) is 14.1. The van der Waals surface area contributed by atoms with Crippen molar-refractivity contribution in [3.05, 3.63) is 42.0 Å². The smallest absolute Gasteiger partial charge is 0.294 e. The highest BCUT2D eigenvalue weighted by atomic mass is 35.5. The van der Waals surface area contributed by atoms with Gasteiger partial charge in [0, 0.05) is 0 Å². The van der Waals surface area contributed by atoms with E-state index in [1.54, 1.807) is 12.1 Å². The van der Waals surface area contributed by atoms with Crippen LogP contribution >= 0.6 is 12.4 Å². The van der Waals surface area contributed by atoms with Gasteiger partial charge in [-0.2, -0.15) is 18.6 Å². The lowest BCUT2D eigenvalue weighted by molar-refractivity contribution is 0.416. The van der Waals surface area contributed by atoms with Gasteiger partial charge in [-0.05, 0) is 48.9 Å². The van der Waals surface area contributed by atoms with E-state index in [-0.39, 0.29) is 17.3 Å². The van der Waals surface area contributed by atoms with E-state index in [1.807, 2.05) is 6.92 Å². The lowest BCUT2D eigenvalue weighted by Crippen LogP contribution is -1.96. The van der Waals surface area contributed by atoms with Gasteiger partial charge < -0.3 is 10.5 Å². The molecule has 23 heavy (non-hydrogen) atoms. The molecule has 0 aliphatic heterocycles. The predicted molar refractivity (Wildman–Crippen MR) is 89.8 cm³/mol. The van der Waals surface area contributed by atoms with Gasteiger partial charge in [-0.15, -0.1) is 12.4 Å². The Kier molecular flexibility index (Phi) is 6.08. The lowest BCUT2D eigenvalue weighted by atomic mass is 10.1. The van der Waals surface area contributed by atoms with E-state index in [0.717, 1.165) is 5.56 Å². The Morgan fingerprint density at radius 1 is 1.13 bits per heavy atom. The van der Waals surface area contributed by atoms with Crippen molar-refractivity contribution in [2.24, 2.45) is 10.2 Å². The highest BCUT2D eigenvalue weighted by Gasteiger charge is 2.08. The molecule has 0 saturated carbocycles. The van der Waals surface area contributed by atoms with Gasteiger partial charge in [0.05, 0.1) is 29.1 Å². The number of nitrogens with two attached hydrogens (primary N) is 1. The molecule has 0 atom stereocenters. The molecule has 0 fully saturated rings. The van der Waals surface area contributed by atoms with Gasteiger partial charge in [-0.3, -0.25) is 4.55 Å². The minimum Gasteiger partial charge on any atom is -0.495 e. The van der Waals surface area contributed by atoms with Gasteiger partial charge in [0.15, 0.2) is 0 Å². The van der Waals surface area contributed by atoms with E-state index in [1.165, 1.54) is 31.4 Å². The second-order valence-electron chi connectivity index (χ2n) is 4.55. The van der Waals surface area contributed by atoms with Crippen LogP contribution in [0.15, 0.2) is 51.5 Å². The van der Waals surface area contributed by atoms with Crippen molar-refractivity contribution in [2.45, 2.75) is 11.8 Å². The Morgan fingerprint density at radius 2 is 1.74 bits per heavy atom. The third-order valence-electron chi connectivity index (χ3n) is 2.96. The Bertz CT molecular complexity index is 821. The standard InChI is InChI=1S/C14H15N3O4S.ClH/c1-9-7-14(21-2)12(15)8-13(9)17-16-10-3-5-11(6-4-10)22(18,19)20;/h3-8H,15H2,1-2H3,(H,18,19,20);1H. The molecular weight excluding hydrogens is 342 g/mol. The van der Waals surface area contributed by atoms with Crippen LogP contribution in [0.3, 0.4) is 0 Å². The molecule has 0 radical (unpaired) electrons. The number of nitrogen functional groups attached to an aromatic ring is 1.